The van der Waals surface area contributed by atoms with Crippen molar-refractivity contribution in [3.63, 3.8) is 0 Å². The van der Waals surface area contributed by atoms with E-state index in [2.05, 4.69) is 25.0 Å². The van der Waals surface area contributed by atoms with Crippen LogP contribution in [0.25, 0.3) is 21.6 Å². The lowest BCUT2D eigenvalue weighted by Crippen LogP contribution is -2.18. The van der Waals surface area contributed by atoms with Gasteiger partial charge >= 0.3 is 0 Å². The summed E-state index contributed by atoms with van der Waals surface area (Å²) in [6.07, 6.45) is 4.22. The normalized spacial score (nSPS) is 12.3. The van der Waals surface area contributed by atoms with Gasteiger partial charge in [0.2, 0.25) is 0 Å². The second-order valence-corrected chi connectivity index (χ2v) is 4.31. The lowest BCUT2D eigenvalue weighted by Gasteiger charge is -2.08. The zero-order valence-corrected chi connectivity index (χ0v) is 10.4. The minimum Gasteiger partial charge on any atom is -0.391 e. The lowest BCUT2D eigenvalue weighted by atomic mass is 10.3. The third-order valence-electron chi connectivity index (χ3n) is 2.32. The number of azide groups is 1. The van der Waals surface area contributed by atoms with E-state index in [-0.39, 0.29) is 13.1 Å². The summed E-state index contributed by atoms with van der Waals surface area (Å²) in [4.78, 5) is 15.1. The Bertz CT molecular complexity index is 592. The van der Waals surface area contributed by atoms with Gasteiger partial charge in [-0.15, -0.1) is 11.8 Å². The molecule has 0 radical (unpaired) electrons. The van der Waals surface area contributed by atoms with Crippen molar-refractivity contribution in [1.82, 2.24) is 19.5 Å². The predicted molar refractivity (Wildman–Crippen MR) is 67.1 cm³/mol. The molecule has 2 aromatic rings. The van der Waals surface area contributed by atoms with E-state index in [1.807, 2.05) is 6.26 Å². The second-order valence-electron chi connectivity index (χ2n) is 3.52. The van der Waals surface area contributed by atoms with E-state index in [9.17, 15) is 5.11 Å². The van der Waals surface area contributed by atoms with E-state index >= 15 is 0 Å². The molecule has 0 spiro atoms. The fourth-order valence-corrected chi connectivity index (χ4v) is 2.05. The molecule has 1 atom stereocenters. The summed E-state index contributed by atoms with van der Waals surface area (Å²) in [5.41, 5.74) is 9.56. The molecular weight excluding hydrogens is 254 g/mol. The van der Waals surface area contributed by atoms with Gasteiger partial charge in [0.15, 0.2) is 5.65 Å². The number of nitrogens with zero attached hydrogens (tertiary/aromatic N) is 7. The molecule has 0 amide bonds. The molecule has 0 aliphatic rings. The number of aliphatic hydroxyl groups is 1. The lowest BCUT2D eigenvalue weighted by molar-refractivity contribution is 0.163. The Kier molecular flexibility index (Phi) is 3.98. The molecule has 0 aromatic carbocycles. The van der Waals surface area contributed by atoms with Crippen LogP contribution in [0, 0.1) is 0 Å². The second kappa shape index (κ2) is 5.67. The average molecular weight is 265 g/mol. The highest BCUT2D eigenvalue weighted by atomic mass is 32.2. The monoisotopic (exact) mass is 265 g/mol. The Morgan fingerprint density at radius 2 is 2.39 bits per heavy atom. The van der Waals surface area contributed by atoms with E-state index in [1.54, 1.807) is 10.9 Å². The van der Waals surface area contributed by atoms with Gasteiger partial charge in [-0.2, -0.15) is 0 Å². The highest BCUT2D eigenvalue weighted by Crippen LogP contribution is 2.20. The number of aromatic nitrogens is 4. The summed E-state index contributed by atoms with van der Waals surface area (Å²) >= 11 is 1.49. The summed E-state index contributed by atoms with van der Waals surface area (Å²) in [5, 5.41) is 13.8. The molecule has 0 aliphatic heterocycles. The number of imidazole rings is 1. The van der Waals surface area contributed by atoms with Crippen LogP contribution < -0.4 is 0 Å². The predicted octanol–water partition coefficient (Wildman–Crippen LogP) is 1.22. The van der Waals surface area contributed by atoms with E-state index in [1.165, 1.54) is 18.1 Å². The van der Waals surface area contributed by atoms with Crippen molar-refractivity contribution in [3.05, 3.63) is 23.1 Å². The van der Waals surface area contributed by atoms with Crippen molar-refractivity contribution >= 4 is 22.9 Å². The maximum Gasteiger partial charge on any atom is 0.164 e. The number of fused-ring (bicyclic) bond motifs is 1. The van der Waals surface area contributed by atoms with Crippen LogP contribution in [0.1, 0.15) is 0 Å². The van der Waals surface area contributed by atoms with Gasteiger partial charge in [0, 0.05) is 4.91 Å². The molecule has 1 unspecified atom stereocenters. The zero-order chi connectivity index (χ0) is 13.0. The van der Waals surface area contributed by atoms with E-state index in [0.717, 1.165) is 5.03 Å². The molecule has 0 saturated heterocycles. The van der Waals surface area contributed by atoms with Crippen molar-refractivity contribution in [1.29, 1.82) is 0 Å². The Hall–Kier alpha value is -1.83. The van der Waals surface area contributed by atoms with Crippen LogP contribution in [0.3, 0.4) is 0 Å². The van der Waals surface area contributed by atoms with E-state index in [4.69, 9.17) is 5.53 Å². The molecule has 9 heteroatoms. The maximum absolute atomic E-state index is 9.68. The molecule has 2 heterocycles. The average Bonchev–Trinajstić information content (AvgIpc) is 2.79. The van der Waals surface area contributed by atoms with Crippen LogP contribution in [-0.2, 0) is 6.54 Å². The topological polar surface area (TPSA) is 113 Å². The fourth-order valence-electron chi connectivity index (χ4n) is 1.56. The first kappa shape index (κ1) is 12.6. The summed E-state index contributed by atoms with van der Waals surface area (Å²) in [5.74, 6) is 0. The standard InChI is InChI=1S/C9H11N7OS/c1-18-9-7-8(11-4-12-9)16(5-13-7)3-6(17)2-14-15-10/h4-6,17H,2-3H2,1H3. The Labute approximate surface area is 107 Å². The van der Waals surface area contributed by atoms with Gasteiger partial charge in [0.05, 0.1) is 25.5 Å². The molecule has 18 heavy (non-hydrogen) atoms. The van der Waals surface area contributed by atoms with Crippen molar-refractivity contribution < 1.29 is 5.11 Å². The molecule has 0 bridgehead atoms. The molecule has 2 rings (SSSR count). The van der Waals surface area contributed by atoms with Crippen LogP contribution in [0.5, 0.6) is 0 Å². The molecule has 2 aromatic heterocycles. The Morgan fingerprint density at radius 3 is 3.11 bits per heavy atom. The number of hydrogen-bond acceptors (Lipinski definition) is 6. The minimum atomic E-state index is -0.758. The number of hydrogen-bond donors (Lipinski definition) is 1. The van der Waals surface area contributed by atoms with Crippen LogP contribution >= 0.6 is 11.8 Å². The summed E-state index contributed by atoms with van der Waals surface area (Å²) < 4.78 is 1.72. The molecule has 8 nitrogen and oxygen atoms in total. The highest BCUT2D eigenvalue weighted by Gasteiger charge is 2.11. The van der Waals surface area contributed by atoms with Crippen LogP contribution in [0.4, 0.5) is 0 Å². The quantitative estimate of drug-likeness (QED) is 0.287. The van der Waals surface area contributed by atoms with Gasteiger partial charge in [-0.25, -0.2) is 15.0 Å². The first-order valence-electron chi connectivity index (χ1n) is 5.15. The Balaban J connectivity index is 2.26. The first-order chi connectivity index (χ1) is 8.76. The van der Waals surface area contributed by atoms with Crippen LogP contribution in [0.2, 0.25) is 0 Å². The molecule has 0 aliphatic carbocycles. The van der Waals surface area contributed by atoms with Gasteiger partial charge in [-0.1, -0.05) is 5.11 Å². The molecular formula is C9H11N7OS. The molecule has 0 fully saturated rings. The first-order valence-corrected chi connectivity index (χ1v) is 6.37. The van der Waals surface area contributed by atoms with Gasteiger partial charge < -0.3 is 9.67 Å². The van der Waals surface area contributed by atoms with E-state index in [0.29, 0.717) is 11.2 Å². The molecule has 0 saturated carbocycles. The minimum absolute atomic E-state index is 0.0244. The van der Waals surface area contributed by atoms with Gasteiger partial charge in [0.1, 0.15) is 16.9 Å². The largest absolute Gasteiger partial charge is 0.391 e. The number of aliphatic hydroxyl groups excluding tert-OH is 1. The summed E-state index contributed by atoms with van der Waals surface area (Å²) in [7, 11) is 0. The van der Waals surface area contributed by atoms with Crippen molar-refractivity contribution in [2.24, 2.45) is 5.11 Å². The number of thioether (sulfide) groups is 1. The van der Waals surface area contributed by atoms with Crippen LogP contribution in [-0.4, -0.2) is 43.5 Å². The van der Waals surface area contributed by atoms with E-state index < -0.39 is 6.10 Å². The fraction of sp³-hybridized carbons (Fsp3) is 0.444. The smallest absolute Gasteiger partial charge is 0.164 e. The summed E-state index contributed by atoms with van der Waals surface area (Å²) in [6.45, 7) is 0.303. The summed E-state index contributed by atoms with van der Waals surface area (Å²) in [6, 6.07) is 0. The zero-order valence-electron chi connectivity index (χ0n) is 9.63. The Morgan fingerprint density at radius 1 is 1.56 bits per heavy atom. The maximum atomic E-state index is 9.68. The van der Waals surface area contributed by atoms with Gasteiger partial charge in [-0.05, 0) is 11.8 Å². The third-order valence-corrected chi connectivity index (χ3v) is 3.01. The van der Waals surface area contributed by atoms with Gasteiger partial charge in [-0.3, -0.25) is 0 Å². The SMILES string of the molecule is CSc1ncnc2c1ncn2CC(O)CN=[N+]=[N-]. The highest BCUT2D eigenvalue weighted by molar-refractivity contribution is 7.98. The molecule has 1 N–H and O–H groups in total. The molecule has 94 valence electrons. The number of rotatable bonds is 5. The van der Waals surface area contributed by atoms with Crippen molar-refractivity contribution in [2.75, 3.05) is 12.8 Å². The van der Waals surface area contributed by atoms with Gasteiger partial charge in [0.25, 0.3) is 0 Å². The third kappa shape index (κ3) is 2.53. The van der Waals surface area contributed by atoms with Crippen molar-refractivity contribution in [2.45, 2.75) is 17.7 Å². The van der Waals surface area contributed by atoms with Crippen molar-refractivity contribution in [3.8, 4) is 0 Å². The van der Waals surface area contributed by atoms with Crippen LogP contribution in [0.15, 0.2) is 22.8 Å².